The van der Waals surface area contributed by atoms with Crippen LogP contribution in [-0.4, -0.2) is 10.1 Å². The summed E-state index contributed by atoms with van der Waals surface area (Å²) in [5.41, 5.74) is 1.86. The van der Waals surface area contributed by atoms with Crippen molar-refractivity contribution in [3.63, 3.8) is 0 Å². The lowest BCUT2D eigenvalue weighted by atomic mass is 10.1. The van der Waals surface area contributed by atoms with E-state index < -0.39 is 0 Å². The lowest BCUT2D eigenvalue weighted by molar-refractivity contribution is 0.474. The van der Waals surface area contributed by atoms with Crippen molar-refractivity contribution < 1.29 is 5.11 Å². The second-order valence-electron chi connectivity index (χ2n) is 3.57. The molecular weight excluding hydrogens is 280 g/mol. The molecule has 0 saturated carbocycles. The largest absolute Gasteiger partial charge is 0.506 e. The van der Waals surface area contributed by atoms with E-state index in [0.717, 1.165) is 5.69 Å². The predicted molar refractivity (Wildman–Crippen MR) is 71.1 cm³/mol. The minimum atomic E-state index is 0.0741. The fraction of sp³-hybridized carbons (Fsp3) is 0.0833. The zero-order chi connectivity index (χ0) is 12.6. The Kier molecular flexibility index (Phi) is 3.48. The summed E-state index contributed by atoms with van der Waals surface area (Å²) in [6.07, 6.45) is 0. The predicted octanol–water partition coefficient (Wildman–Crippen LogP) is 4.72. The quantitative estimate of drug-likeness (QED) is 0.770. The van der Waals surface area contributed by atoms with Crippen molar-refractivity contribution >= 4 is 34.8 Å². The minimum Gasteiger partial charge on any atom is -0.506 e. The van der Waals surface area contributed by atoms with E-state index in [2.05, 4.69) is 4.98 Å². The molecule has 2 aromatic rings. The van der Waals surface area contributed by atoms with Crippen LogP contribution in [0.1, 0.15) is 5.69 Å². The number of pyridine rings is 1. The zero-order valence-electron chi connectivity index (χ0n) is 8.84. The topological polar surface area (TPSA) is 33.1 Å². The van der Waals surface area contributed by atoms with Crippen molar-refractivity contribution in [2.45, 2.75) is 6.92 Å². The van der Waals surface area contributed by atoms with Crippen LogP contribution < -0.4 is 0 Å². The van der Waals surface area contributed by atoms with Crippen LogP contribution in [-0.2, 0) is 0 Å². The van der Waals surface area contributed by atoms with Gasteiger partial charge in [0.05, 0.1) is 15.1 Å². The summed E-state index contributed by atoms with van der Waals surface area (Å²) in [5.74, 6) is 0.0741. The Morgan fingerprint density at radius 1 is 1.06 bits per heavy atom. The molecule has 0 spiro atoms. The summed E-state index contributed by atoms with van der Waals surface area (Å²) >= 11 is 17.7. The maximum Gasteiger partial charge on any atom is 0.141 e. The number of hydrogen-bond acceptors (Lipinski definition) is 2. The molecule has 0 amide bonds. The summed E-state index contributed by atoms with van der Waals surface area (Å²) in [5, 5.41) is 10.7. The molecule has 0 aliphatic heterocycles. The summed E-state index contributed by atoms with van der Waals surface area (Å²) in [6, 6.07) is 6.54. The first kappa shape index (κ1) is 12.5. The van der Waals surface area contributed by atoms with Gasteiger partial charge in [0.2, 0.25) is 0 Å². The van der Waals surface area contributed by atoms with E-state index in [9.17, 15) is 5.11 Å². The molecule has 0 unspecified atom stereocenters. The number of benzene rings is 1. The molecule has 5 heteroatoms. The Balaban J connectivity index is 2.64. The van der Waals surface area contributed by atoms with Gasteiger partial charge in [0.15, 0.2) is 0 Å². The molecule has 1 aromatic carbocycles. The Morgan fingerprint density at radius 3 is 2.24 bits per heavy atom. The van der Waals surface area contributed by atoms with E-state index in [0.29, 0.717) is 26.3 Å². The number of aryl methyl sites for hydroxylation is 1. The van der Waals surface area contributed by atoms with Gasteiger partial charge in [-0.15, -0.1) is 0 Å². The van der Waals surface area contributed by atoms with Gasteiger partial charge in [-0.3, -0.25) is 0 Å². The van der Waals surface area contributed by atoms with Crippen LogP contribution in [0.25, 0.3) is 11.3 Å². The first-order chi connectivity index (χ1) is 7.99. The van der Waals surface area contributed by atoms with Gasteiger partial charge in [0, 0.05) is 11.3 Å². The van der Waals surface area contributed by atoms with Gasteiger partial charge in [0.1, 0.15) is 11.4 Å². The van der Waals surface area contributed by atoms with Crippen LogP contribution in [0.15, 0.2) is 24.3 Å². The van der Waals surface area contributed by atoms with Crippen molar-refractivity contribution in [2.24, 2.45) is 0 Å². The number of nitrogens with zero attached hydrogens (tertiary/aromatic N) is 1. The number of halogens is 3. The minimum absolute atomic E-state index is 0.0741. The summed E-state index contributed by atoms with van der Waals surface area (Å²) < 4.78 is 0. The Morgan fingerprint density at radius 2 is 1.65 bits per heavy atom. The van der Waals surface area contributed by atoms with Crippen molar-refractivity contribution in [3.05, 3.63) is 45.0 Å². The molecular formula is C12H8Cl3NO. The van der Waals surface area contributed by atoms with Gasteiger partial charge in [-0.2, -0.15) is 0 Å². The number of hydrogen-bond donors (Lipinski definition) is 1. The molecule has 1 N–H and O–H groups in total. The van der Waals surface area contributed by atoms with E-state index in [4.69, 9.17) is 34.8 Å². The third kappa shape index (κ3) is 2.49. The smallest absolute Gasteiger partial charge is 0.141 e. The average Bonchev–Trinajstić information content (AvgIpc) is 2.28. The summed E-state index contributed by atoms with van der Waals surface area (Å²) in [6.45, 7) is 1.84. The van der Waals surface area contributed by atoms with Crippen molar-refractivity contribution in [2.75, 3.05) is 0 Å². The summed E-state index contributed by atoms with van der Waals surface area (Å²) in [4.78, 5) is 4.24. The Labute approximate surface area is 114 Å². The van der Waals surface area contributed by atoms with Crippen LogP contribution in [0.4, 0.5) is 0 Å². The zero-order valence-corrected chi connectivity index (χ0v) is 11.1. The second-order valence-corrected chi connectivity index (χ2v) is 4.77. The van der Waals surface area contributed by atoms with Crippen LogP contribution in [0, 0.1) is 6.92 Å². The molecule has 17 heavy (non-hydrogen) atoms. The van der Waals surface area contributed by atoms with E-state index in [1.807, 2.05) is 6.92 Å². The maximum atomic E-state index is 9.76. The van der Waals surface area contributed by atoms with Crippen LogP contribution in [0.3, 0.4) is 0 Å². The fourth-order valence-corrected chi connectivity index (χ4v) is 2.05. The van der Waals surface area contributed by atoms with E-state index in [1.165, 1.54) is 0 Å². The lowest BCUT2D eigenvalue weighted by Gasteiger charge is -2.07. The van der Waals surface area contributed by atoms with Crippen LogP contribution in [0.2, 0.25) is 15.1 Å². The first-order valence-electron chi connectivity index (χ1n) is 4.80. The van der Waals surface area contributed by atoms with Crippen molar-refractivity contribution in [1.82, 2.24) is 4.98 Å². The number of rotatable bonds is 1. The number of aromatic nitrogens is 1. The highest BCUT2D eigenvalue weighted by molar-refractivity contribution is 6.48. The van der Waals surface area contributed by atoms with E-state index >= 15 is 0 Å². The molecule has 2 nitrogen and oxygen atoms in total. The van der Waals surface area contributed by atoms with Gasteiger partial charge >= 0.3 is 0 Å². The highest BCUT2D eigenvalue weighted by Crippen LogP contribution is 2.36. The Bertz CT molecular complexity index is 561. The van der Waals surface area contributed by atoms with Crippen LogP contribution in [0.5, 0.6) is 5.75 Å². The standard InChI is InChI=1S/C12H8Cl3NO/c1-6-2-3-10(17)12(16-6)7-4-8(13)11(15)9(14)5-7/h2-5,17H,1H3. The van der Waals surface area contributed by atoms with Crippen LogP contribution >= 0.6 is 34.8 Å². The summed E-state index contributed by atoms with van der Waals surface area (Å²) in [7, 11) is 0. The first-order valence-corrected chi connectivity index (χ1v) is 5.94. The normalized spacial score (nSPS) is 10.6. The molecule has 0 bridgehead atoms. The molecule has 88 valence electrons. The SMILES string of the molecule is Cc1ccc(O)c(-c2cc(Cl)c(Cl)c(Cl)c2)n1. The van der Waals surface area contributed by atoms with E-state index in [1.54, 1.807) is 24.3 Å². The number of aromatic hydroxyl groups is 1. The lowest BCUT2D eigenvalue weighted by Crippen LogP contribution is -1.88. The highest BCUT2D eigenvalue weighted by Gasteiger charge is 2.11. The molecule has 0 radical (unpaired) electrons. The molecule has 0 atom stereocenters. The third-order valence-corrected chi connectivity index (χ3v) is 3.47. The van der Waals surface area contributed by atoms with Gasteiger partial charge in [-0.1, -0.05) is 34.8 Å². The molecule has 0 saturated heterocycles. The van der Waals surface area contributed by atoms with E-state index in [-0.39, 0.29) is 5.75 Å². The van der Waals surface area contributed by atoms with Gasteiger partial charge < -0.3 is 5.11 Å². The molecule has 0 aliphatic carbocycles. The molecule has 0 aliphatic rings. The molecule has 1 aromatic heterocycles. The molecule has 2 rings (SSSR count). The Hall–Kier alpha value is -0.960. The van der Waals surface area contributed by atoms with Crippen molar-refractivity contribution in [3.8, 4) is 17.0 Å². The highest BCUT2D eigenvalue weighted by atomic mass is 35.5. The average molecular weight is 289 g/mol. The third-order valence-electron chi connectivity index (χ3n) is 2.27. The molecule has 0 fully saturated rings. The maximum absolute atomic E-state index is 9.76. The van der Waals surface area contributed by atoms with Gasteiger partial charge in [-0.05, 0) is 31.2 Å². The van der Waals surface area contributed by atoms with Gasteiger partial charge in [0.25, 0.3) is 0 Å². The monoisotopic (exact) mass is 287 g/mol. The second kappa shape index (κ2) is 4.73. The fourth-order valence-electron chi connectivity index (χ4n) is 1.45. The van der Waals surface area contributed by atoms with Gasteiger partial charge in [-0.25, -0.2) is 4.98 Å². The van der Waals surface area contributed by atoms with Crippen molar-refractivity contribution in [1.29, 1.82) is 0 Å². The molecule has 1 heterocycles.